The fourth-order valence-electron chi connectivity index (χ4n) is 0. The van der Waals surface area contributed by atoms with Crippen LogP contribution in [-0.4, -0.2) is 10.3 Å². The molecule has 0 aromatic heterocycles. The molecule has 0 heterocycles. The number of hydrogen-bond donors (Lipinski definition) is 2. The smallest absolute Gasteiger partial charge is 0.291 e. The molecular formula is H4IrN2O3. The van der Waals surface area contributed by atoms with E-state index >= 15 is 0 Å². The molecule has 6 heteroatoms. The van der Waals surface area contributed by atoms with E-state index in [1.807, 2.05) is 0 Å². The van der Waals surface area contributed by atoms with Crippen molar-refractivity contribution in [3.63, 3.8) is 0 Å². The summed E-state index contributed by atoms with van der Waals surface area (Å²) in [5, 5.41) is 13.6. The average Bonchev–Trinajstić information content (AvgIpc) is 0.811. The van der Waals surface area contributed by atoms with Gasteiger partial charge in [-0.2, -0.15) is 0 Å². The Bertz CT molecular complexity index is 31.8. The van der Waals surface area contributed by atoms with E-state index in [1.165, 1.54) is 0 Å². The van der Waals surface area contributed by atoms with E-state index in [9.17, 15) is 0 Å². The number of hydrogen-bond acceptors (Lipinski definition) is 3. The van der Waals surface area contributed by atoms with Gasteiger partial charge in [0.05, 0.1) is 0 Å². The van der Waals surface area contributed by atoms with Gasteiger partial charge in [-0.05, 0) is 0 Å². The predicted molar refractivity (Wildman–Crippen MR) is 13.8 cm³/mol. The quantitative estimate of drug-likeness (QED) is 0.471. The van der Waals surface area contributed by atoms with Crippen molar-refractivity contribution < 1.29 is 30.4 Å². The molecule has 1 radical (unpaired) electrons. The van der Waals surface area contributed by atoms with Crippen molar-refractivity contribution in [3.05, 3.63) is 10.1 Å². The summed E-state index contributed by atoms with van der Waals surface area (Å²) in [6.45, 7) is 0. The molecule has 0 saturated heterocycles. The zero-order valence-corrected chi connectivity index (χ0v) is 5.15. The van der Waals surface area contributed by atoms with Gasteiger partial charge in [0.2, 0.25) is 0 Å². The third-order valence-electron chi connectivity index (χ3n) is 0. The zero-order chi connectivity index (χ0) is 3.58. The van der Waals surface area contributed by atoms with Crippen LogP contribution in [-0.2, 0) is 20.1 Å². The monoisotopic (exact) mass is 273 g/mol. The summed E-state index contributed by atoms with van der Waals surface area (Å²) in [4.78, 5) is 8.36. The molecule has 0 fully saturated rings. The van der Waals surface area contributed by atoms with Crippen LogP contribution in [0, 0.1) is 10.1 Å². The molecule has 6 heavy (non-hydrogen) atoms. The SMILES string of the molecule is N.O=[N+]([O-])O.[Ir]. The Balaban J connectivity index is -0.0000000450. The van der Waals surface area contributed by atoms with E-state index in [-0.39, 0.29) is 26.3 Å². The minimum absolute atomic E-state index is 0. The van der Waals surface area contributed by atoms with Crippen LogP contribution in [0.4, 0.5) is 0 Å². The van der Waals surface area contributed by atoms with Gasteiger partial charge >= 0.3 is 0 Å². The van der Waals surface area contributed by atoms with Crippen LogP contribution in [0.3, 0.4) is 0 Å². The minimum Gasteiger partial charge on any atom is -0.344 e. The summed E-state index contributed by atoms with van der Waals surface area (Å²) in [5.41, 5.74) is 0. The van der Waals surface area contributed by atoms with E-state index in [4.69, 9.17) is 15.3 Å². The van der Waals surface area contributed by atoms with Crippen molar-refractivity contribution in [1.29, 1.82) is 0 Å². The van der Waals surface area contributed by atoms with Crippen LogP contribution >= 0.6 is 0 Å². The van der Waals surface area contributed by atoms with E-state index in [0.29, 0.717) is 0 Å². The van der Waals surface area contributed by atoms with Gasteiger partial charge in [-0.15, -0.1) is 10.1 Å². The number of nitrogens with zero attached hydrogens (tertiary/aromatic N) is 1. The molecule has 0 bridgehead atoms. The predicted octanol–water partition coefficient (Wildman–Crippen LogP) is -0.188. The molecule has 0 amide bonds. The first kappa shape index (κ1) is 17.0. The largest absolute Gasteiger partial charge is 0.344 e. The molecule has 0 rings (SSSR count). The van der Waals surface area contributed by atoms with Gasteiger partial charge in [0.25, 0.3) is 5.09 Å². The normalized spacial score (nSPS) is 4.00. The summed E-state index contributed by atoms with van der Waals surface area (Å²) in [6.07, 6.45) is 0. The molecule has 0 aliphatic carbocycles. The Labute approximate surface area is 47.4 Å². The fraction of sp³-hybridized carbons (Fsp3) is 0. The molecule has 5 nitrogen and oxygen atoms in total. The fourth-order valence-corrected chi connectivity index (χ4v) is 0. The maximum atomic E-state index is 8.36. The Morgan fingerprint density at radius 3 is 1.67 bits per heavy atom. The van der Waals surface area contributed by atoms with Crippen molar-refractivity contribution in [2.75, 3.05) is 0 Å². The molecule has 0 spiro atoms. The summed E-state index contributed by atoms with van der Waals surface area (Å²) in [7, 11) is 0. The maximum Gasteiger partial charge on any atom is 0.291 e. The Morgan fingerprint density at radius 1 is 1.67 bits per heavy atom. The van der Waals surface area contributed by atoms with Crippen molar-refractivity contribution in [3.8, 4) is 0 Å². The summed E-state index contributed by atoms with van der Waals surface area (Å²) >= 11 is 0. The van der Waals surface area contributed by atoms with E-state index in [1.54, 1.807) is 0 Å². The molecule has 0 aliphatic heterocycles. The average molecular weight is 272 g/mol. The zero-order valence-electron chi connectivity index (χ0n) is 2.75. The van der Waals surface area contributed by atoms with Gasteiger partial charge in [0.15, 0.2) is 0 Å². The van der Waals surface area contributed by atoms with Crippen molar-refractivity contribution >= 4 is 0 Å². The van der Waals surface area contributed by atoms with Crippen molar-refractivity contribution in [1.82, 2.24) is 6.15 Å². The standard InChI is InChI=1S/Ir.HNO3.H3N/c;2-1(3)4;/h;(H,2,3,4);1H3. The van der Waals surface area contributed by atoms with Crippen LogP contribution in [0.1, 0.15) is 0 Å². The van der Waals surface area contributed by atoms with E-state index in [2.05, 4.69) is 0 Å². The van der Waals surface area contributed by atoms with Crippen LogP contribution < -0.4 is 6.15 Å². The van der Waals surface area contributed by atoms with E-state index in [0.717, 1.165) is 0 Å². The van der Waals surface area contributed by atoms with Crippen LogP contribution in [0.2, 0.25) is 0 Å². The summed E-state index contributed by atoms with van der Waals surface area (Å²) in [6, 6.07) is 0. The van der Waals surface area contributed by atoms with Gasteiger partial charge in [-0.3, -0.25) is 0 Å². The Morgan fingerprint density at radius 2 is 1.67 bits per heavy atom. The second-order valence-electron chi connectivity index (χ2n) is 0.238. The van der Waals surface area contributed by atoms with Crippen LogP contribution in [0.25, 0.3) is 0 Å². The summed E-state index contributed by atoms with van der Waals surface area (Å²) in [5.74, 6) is 0. The Hall–Kier alpha value is -0.191. The first-order valence-electron chi connectivity index (χ1n) is 0.565. The van der Waals surface area contributed by atoms with Gasteiger partial charge in [0.1, 0.15) is 0 Å². The maximum absolute atomic E-state index is 8.36. The molecular weight excluding hydrogens is 268 g/mol. The van der Waals surface area contributed by atoms with E-state index < -0.39 is 5.09 Å². The third kappa shape index (κ3) is 827. The first-order chi connectivity index (χ1) is 1.73. The molecule has 0 unspecified atom stereocenters. The number of rotatable bonds is 0. The molecule has 41 valence electrons. The molecule has 0 aliphatic rings. The Kier molecular flexibility index (Phi) is 25.1. The molecule has 0 atom stereocenters. The topological polar surface area (TPSA) is 98.4 Å². The van der Waals surface area contributed by atoms with Crippen molar-refractivity contribution in [2.24, 2.45) is 0 Å². The van der Waals surface area contributed by atoms with Gasteiger partial charge < -0.3 is 11.4 Å². The van der Waals surface area contributed by atoms with Gasteiger partial charge in [-0.25, -0.2) is 0 Å². The van der Waals surface area contributed by atoms with Crippen LogP contribution in [0.15, 0.2) is 0 Å². The molecule has 0 aromatic carbocycles. The first-order valence-corrected chi connectivity index (χ1v) is 0.565. The minimum atomic E-state index is -1.50. The molecule has 0 aromatic rings. The van der Waals surface area contributed by atoms with Gasteiger partial charge in [0, 0.05) is 20.1 Å². The summed E-state index contributed by atoms with van der Waals surface area (Å²) < 4.78 is 0. The van der Waals surface area contributed by atoms with Crippen molar-refractivity contribution in [2.45, 2.75) is 0 Å². The second kappa shape index (κ2) is 8.84. The third-order valence-corrected chi connectivity index (χ3v) is 0. The van der Waals surface area contributed by atoms with Gasteiger partial charge in [-0.1, -0.05) is 0 Å². The van der Waals surface area contributed by atoms with Crippen LogP contribution in [0.5, 0.6) is 0 Å². The molecule has 0 saturated carbocycles. The molecule has 4 N–H and O–H groups in total. The second-order valence-corrected chi connectivity index (χ2v) is 0.238.